The van der Waals surface area contributed by atoms with Crippen LogP contribution in [-0.4, -0.2) is 6.54 Å². The molecule has 0 bridgehead atoms. The molecule has 0 spiro atoms. The van der Waals surface area contributed by atoms with Crippen LogP contribution in [0.1, 0.15) is 34.7 Å². The van der Waals surface area contributed by atoms with E-state index < -0.39 is 0 Å². The molecule has 0 radical (unpaired) electrons. The fraction of sp³-hybridized carbons (Fsp3) is 0.429. The van der Waals surface area contributed by atoms with Crippen molar-refractivity contribution >= 4 is 54.5 Å². The number of halogens is 2. The van der Waals surface area contributed by atoms with Crippen molar-refractivity contribution in [3.8, 4) is 0 Å². The fourth-order valence-electron chi connectivity index (χ4n) is 1.90. The van der Waals surface area contributed by atoms with E-state index in [4.69, 9.17) is 0 Å². The SMILES string of the molecule is CCCNC(Cc1sccc1Br)c1cc(C)c(Br)s1. The maximum Gasteiger partial charge on any atom is 0.0731 e. The lowest BCUT2D eigenvalue weighted by Gasteiger charge is -2.16. The predicted octanol–water partition coefficient (Wildman–Crippen LogP) is 5.93. The number of aryl methyl sites for hydroxylation is 1. The molecular formula is C14H17Br2NS2. The van der Waals surface area contributed by atoms with Crippen molar-refractivity contribution < 1.29 is 0 Å². The lowest BCUT2D eigenvalue weighted by molar-refractivity contribution is 0.539. The first-order valence-corrected chi connectivity index (χ1v) is 9.61. The molecule has 2 aromatic rings. The van der Waals surface area contributed by atoms with Gasteiger partial charge in [-0.05, 0) is 74.8 Å². The summed E-state index contributed by atoms with van der Waals surface area (Å²) >= 11 is 10.9. The molecule has 0 saturated carbocycles. The Kier molecular flexibility index (Phi) is 6.09. The van der Waals surface area contributed by atoms with Crippen LogP contribution in [0.5, 0.6) is 0 Å². The molecule has 0 aromatic carbocycles. The van der Waals surface area contributed by atoms with Crippen LogP contribution in [0.25, 0.3) is 0 Å². The third-order valence-electron chi connectivity index (χ3n) is 2.94. The number of hydrogen-bond acceptors (Lipinski definition) is 3. The van der Waals surface area contributed by atoms with Crippen molar-refractivity contribution in [2.75, 3.05) is 6.54 Å². The molecule has 1 unspecified atom stereocenters. The van der Waals surface area contributed by atoms with Gasteiger partial charge in [0.15, 0.2) is 0 Å². The monoisotopic (exact) mass is 421 g/mol. The van der Waals surface area contributed by atoms with Crippen LogP contribution in [0.3, 0.4) is 0 Å². The lowest BCUT2D eigenvalue weighted by atomic mass is 10.1. The highest BCUT2D eigenvalue weighted by atomic mass is 79.9. The molecule has 5 heteroatoms. The number of nitrogens with one attached hydrogen (secondary N) is 1. The number of rotatable bonds is 6. The molecule has 1 nitrogen and oxygen atoms in total. The standard InChI is InChI=1S/C14H17Br2NS2/c1-3-5-17-11(8-12-10(15)4-6-18-12)13-7-9(2)14(16)19-13/h4,6-7,11,17H,3,5,8H2,1-2H3. The molecule has 0 aliphatic carbocycles. The molecule has 2 aromatic heterocycles. The van der Waals surface area contributed by atoms with Crippen LogP contribution < -0.4 is 5.32 Å². The van der Waals surface area contributed by atoms with Crippen molar-refractivity contribution in [3.05, 3.63) is 41.1 Å². The zero-order valence-corrected chi connectivity index (χ0v) is 15.8. The Morgan fingerprint density at radius 3 is 2.68 bits per heavy atom. The Bertz CT molecular complexity index is 514. The Morgan fingerprint density at radius 1 is 1.37 bits per heavy atom. The summed E-state index contributed by atoms with van der Waals surface area (Å²) in [5, 5.41) is 5.81. The third kappa shape index (κ3) is 4.14. The maximum atomic E-state index is 3.67. The quantitative estimate of drug-likeness (QED) is 0.608. The van der Waals surface area contributed by atoms with E-state index in [9.17, 15) is 0 Å². The lowest BCUT2D eigenvalue weighted by Crippen LogP contribution is -2.23. The summed E-state index contributed by atoms with van der Waals surface area (Å²) in [5.74, 6) is 0. The van der Waals surface area contributed by atoms with E-state index in [1.165, 1.54) is 23.6 Å². The van der Waals surface area contributed by atoms with Crippen molar-refractivity contribution in [2.24, 2.45) is 0 Å². The molecule has 0 amide bonds. The highest BCUT2D eigenvalue weighted by Gasteiger charge is 2.17. The fourth-order valence-corrected chi connectivity index (χ4v) is 5.11. The van der Waals surface area contributed by atoms with E-state index in [1.54, 1.807) is 0 Å². The average Bonchev–Trinajstić information content (AvgIpc) is 2.92. The van der Waals surface area contributed by atoms with Crippen LogP contribution in [-0.2, 0) is 6.42 Å². The van der Waals surface area contributed by atoms with Gasteiger partial charge in [0.05, 0.1) is 3.79 Å². The summed E-state index contributed by atoms with van der Waals surface area (Å²) < 4.78 is 2.48. The molecule has 0 fully saturated rings. The summed E-state index contributed by atoms with van der Waals surface area (Å²) in [7, 11) is 0. The van der Waals surface area contributed by atoms with Gasteiger partial charge >= 0.3 is 0 Å². The Labute approximate surface area is 139 Å². The molecule has 2 heterocycles. The van der Waals surface area contributed by atoms with Crippen LogP contribution in [0.15, 0.2) is 25.8 Å². The van der Waals surface area contributed by atoms with E-state index >= 15 is 0 Å². The Hall–Kier alpha value is 0.320. The van der Waals surface area contributed by atoms with E-state index in [0.717, 1.165) is 19.4 Å². The van der Waals surface area contributed by atoms with Crippen LogP contribution >= 0.6 is 54.5 Å². The minimum atomic E-state index is 0.407. The van der Waals surface area contributed by atoms with Gasteiger partial charge in [0, 0.05) is 26.7 Å². The molecule has 0 saturated heterocycles. The number of thiophene rings is 2. The minimum Gasteiger partial charge on any atom is -0.309 e. The molecule has 104 valence electrons. The van der Waals surface area contributed by atoms with Gasteiger partial charge in [0.1, 0.15) is 0 Å². The Morgan fingerprint density at radius 2 is 2.16 bits per heavy atom. The van der Waals surface area contributed by atoms with Gasteiger partial charge in [-0.25, -0.2) is 0 Å². The van der Waals surface area contributed by atoms with E-state index in [1.807, 2.05) is 22.7 Å². The second kappa shape index (κ2) is 7.36. The normalized spacial score (nSPS) is 12.8. The summed E-state index contributed by atoms with van der Waals surface area (Å²) in [6.45, 7) is 5.42. The first-order chi connectivity index (χ1) is 9.11. The zero-order valence-electron chi connectivity index (χ0n) is 11.0. The van der Waals surface area contributed by atoms with E-state index in [2.05, 4.69) is 68.5 Å². The van der Waals surface area contributed by atoms with Crippen molar-refractivity contribution in [2.45, 2.75) is 32.7 Å². The van der Waals surface area contributed by atoms with Gasteiger partial charge in [-0.2, -0.15) is 0 Å². The van der Waals surface area contributed by atoms with Gasteiger partial charge in [0.2, 0.25) is 0 Å². The summed E-state index contributed by atoms with van der Waals surface area (Å²) in [6.07, 6.45) is 2.21. The van der Waals surface area contributed by atoms with Gasteiger partial charge in [-0.3, -0.25) is 0 Å². The largest absolute Gasteiger partial charge is 0.309 e. The molecule has 1 N–H and O–H groups in total. The predicted molar refractivity (Wildman–Crippen MR) is 93.5 cm³/mol. The van der Waals surface area contributed by atoms with Crippen molar-refractivity contribution in [3.63, 3.8) is 0 Å². The summed E-state index contributed by atoms with van der Waals surface area (Å²) in [5.41, 5.74) is 1.33. The van der Waals surface area contributed by atoms with Gasteiger partial charge in [0.25, 0.3) is 0 Å². The highest BCUT2D eigenvalue weighted by Crippen LogP contribution is 2.35. The first kappa shape index (κ1) is 15.7. The topological polar surface area (TPSA) is 12.0 Å². The highest BCUT2D eigenvalue weighted by molar-refractivity contribution is 9.11. The second-order valence-electron chi connectivity index (χ2n) is 4.51. The third-order valence-corrected chi connectivity index (χ3v) is 7.14. The van der Waals surface area contributed by atoms with Gasteiger partial charge in [-0.1, -0.05) is 6.92 Å². The molecule has 0 aliphatic heterocycles. The molecular weight excluding hydrogens is 406 g/mol. The van der Waals surface area contributed by atoms with Crippen molar-refractivity contribution in [1.29, 1.82) is 0 Å². The zero-order chi connectivity index (χ0) is 13.8. The summed E-state index contributed by atoms with van der Waals surface area (Å²) in [4.78, 5) is 2.83. The molecule has 2 rings (SSSR count). The second-order valence-corrected chi connectivity index (χ2v) is 8.76. The minimum absolute atomic E-state index is 0.407. The number of hydrogen-bond donors (Lipinski definition) is 1. The van der Waals surface area contributed by atoms with Crippen molar-refractivity contribution in [1.82, 2.24) is 5.32 Å². The Balaban J connectivity index is 2.18. The molecule has 0 aliphatic rings. The maximum absolute atomic E-state index is 3.67. The smallest absolute Gasteiger partial charge is 0.0731 e. The van der Waals surface area contributed by atoms with Crippen LogP contribution in [0.2, 0.25) is 0 Å². The van der Waals surface area contributed by atoms with Gasteiger partial charge in [-0.15, -0.1) is 22.7 Å². The molecule has 19 heavy (non-hydrogen) atoms. The van der Waals surface area contributed by atoms with E-state index in [0.29, 0.717) is 6.04 Å². The van der Waals surface area contributed by atoms with Gasteiger partial charge < -0.3 is 5.32 Å². The van der Waals surface area contributed by atoms with E-state index in [-0.39, 0.29) is 0 Å². The molecule has 1 atom stereocenters. The summed E-state index contributed by atoms with van der Waals surface area (Å²) in [6, 6.07) is 4.83. The first-order valence-electron chi connectivity index (χ1n) is 6.33. The van der Waals surface area contributed by atoms with Crippen LogP contribution in [0.4, 0.5) is 0 Å². The van der Waals surface area contributed by atoms with Crippen LogP contribution in [0, 0.1) is 6.92 Å². The average molecular weight is 423 g/mol.